The Balaban J connectivity index is 2.99. The summed E-state index contributed by atoms with van der Waals surface area (Å²) in [6.07, 6.45) is 3.10. The van der Waals surface area contributed by atoms with Gasteiger partial charge in [0, 0.05) is 10.4 Å². The number of benzene rings is 1. The summed E-state index contributed by atoms with van der Waals surface area (Å²) in [4.78, 5) is 4.00. The molecule has 2 nitrogen and oxygen atoms in total. The van der Waals surface area contributed by atoms with Gasteiger partial charge < -0.3 is 5.73 Å². The van der Waals surface area contributed by atoms with E-state index in [4.69, 9.17) is 17.3 Å². The minimum atomic E-state index is 0.615. The van der Waals surface area contributed by atoms with E-state index in [2.05, 4.69) is 27.5 Å². The third-order valence-electron chi connectivity index (χ3n) is 1.94. The van der Waals surface area contributed by atoms with Crippen molar-refractivity contribution in [3.63, 3.8) is 0 Å². The van der Waals surface area contributed by atoms with Crippen molar-refractivity contribution in [1.29, 1.82) is 0 Å². The van der Waals surface area contributed by atoms with Crippen LogP contribution in [0.4, 0.5) is 0 Å². The lowest BCUT2D eigenvalue weighted by Gasteiger charge is -2.04. The summed E-state index contributed by atoms with van der Waals surface area (Å²) < 4.78 is 0. The van der Waals surface area contributed by atoms with Gasteiger partial charge in [-0.15, -0.1) is 0 Å². The van der Waals surface area contributed by atoms with Crippen LogP contribution in [0.1, 0.15) is 5.56 Å². The zero-order valence-electron chi connectivity index (χ0n) is 8.66. The van der Waals surface area contributed by atoms with E-state index in [9.17, 15) is 0 Å². The van der Waals surface area contributed by atoms with Crippen molar-refractivity contribution in [2.45, 2.75) is 0 Å². The summed E-state index contributed by atoms with van der Waals surface area (Å²) in [6.45, 7) is 3.96. The zero-order valence-corrected chi connectivity index (χ0v) is 11.0. The van der Waals surface area contributed by atoms with E-state index in [1.807, 2.05) is 30.3 Å². The lowest BCUT2D eigenvalue weighted by atomic mass is 10.1. The van der Waals surface area contributed by atoms with Crippen LogP contribution in [0, 0.1) is 0 Å². The fraction of sp³-hybridized carbons (Fsp3) is 0.0833. The molecule has 0 spiro atoms. The SMILES string of the molecule is C=C(/C=C(CBr)\N=C/N)c1ccccc1Cl. The van der Waals surface area contributed by atoms with E-state index < -0.39 is 0 Å². The molecule has 0 atom stereocenters. The number of rotatable bonds is 4. The molecule has 0 aliphatic carbocycles. The third kappa shape index (κ3) is 3.51. The molecule has 2 N–H and O–H groups in total. The lowest BCUT2D eigenvalue weighted by Crippen LogP contribution is -1.91. The van der Waals surface area contributed by atoms with Crippen molar-refractivity contribution < 1.29 is 0 Å². The Morgan fingerprint density at radius 3 is 2.75 bits per heavy atom. The maximum Gasteiger partial charge on any atom is 0.0856 e. The second kappa shape index (κ2) is 6.51. The minimum Gasteiger partial charge on any atom is -0.390 e. The monoisotopic (exact) mass is 298 g/mol. The molecule has 84 valence electrons. The number of allylic oxidation sites excluding steroid dienone is 3. The minimum absolute atomic E-state index is 0.615. The van der Waals surface area contributed by atoms with Crippen molar-refractivity contribution in [2.75, 3.05) is 5.33 Å². The van der Waals surface area contributed by atoms with Gasteiger partial charge in [-0.3, -0.25) is 0 Å². The van der Waals surface area contributed by atoms with Crippen LogP contribution in [-0.4, -0.2) is 11.7 Å². The molecule has 4 heteroatoms. The molecule has 1 aromatic rings. The summed E-state index contributed by atoms with van der Waals surface area (Å²) >= 11 is 9.38. The average Bonchev–Trinajstić information content (AvgIpc) is 2.28. The highest BCUT2D eigenvalue weighted by Crippen LogP contribution is 2.24. The molecule has 0 saturated heterocycles. The average molecular weight is 300 g/mol. The standard InChI is InChI=1S/C12H12BrClN2/c1-9(6-10(7-13)16-8-15)11-4-2-3-5-12(11)14/h2-6,8H,1,7H2,(H2,15,16)/b10-6-. The fourth-order valence-corrected chi connectivity index (χ4v) is 1.77. The first kappa shape index (κ1) is 13.0. The molecular weight excluding hydrogens is 288 g/mol. The van der Waals surface area contributed by atoms with Crippen molar-refractivity contribution in [2.24, 2.45) is 10.7 Å². The molecule has 1 rings (SSSR count). The summed E-state index contributed by atoms with van der Waals surface area (Å²) in [5, 5.41) is 1.29. The van der Waals surface area contributed by atoms with Gasteiger partial charge in [-0.25, -0.2) is 4.99 Å². The Labute approximate surface area is 109 Å². The van der Waals surface area contributed by atoms with E-state index in [0.29, 0.717) is 10.4 Å². The van der Waals surface area contributed by atoms with Gasteiger partial charge in [0.05, 0.1) is 12.0 Å². The highest BCUT2D eigenvalue weighted by molar-refractivity contribution is 9.09. The number of halogens is 2. The van der Waals surface area contributed by atoms with E-state index in [1.54, 1.807) is 0 Å². The number of nitrogens with two attached hydrogens (primary N) is 1. The van der Waals surface area contributed by atoms with Crippen LogP contribution < -0.4 is 5.73 Å². The van der Waals surface area contributed by atoms with Gasteiger partial charge in [-0.1, -0.05) is 52.3 Å². The van der Waals surface area contributed by atoms with Gasteiger partial charge in [0.2, 0.25) is 0 Å². The number of hydrogen-bond acceptors (Lipinski definition) is 1. The topological polar surface area (TPSA) is 38.4 Å². The van der Waals surface area contributed by atoms with Gasteiger partial charge in [0.25, 0.3) is 0 Å². The van der Waals surface area contributed by atoms with E-state index in [1.165, 1.54) is 6.34 Å². The quantitative estimate of drug-likeness (QED) is 0.392. The van der Waals surface area contributed by atoms with E-state index in [-0.39, 0.29) is 0 Å². The lowest BCUT2D eigenvalue weighted by molar-refractivity contribution is 1.33. The molecule has 0 bridgehead atoms. The van der Waals surface area contributed by atoms with Crippen LogP contribution in [0.2, 0.25) is 5.02 Å². The van der Waals surface area contributed by atoms with Crippen LogP contribution in [-0.2, 0) is 0 Å². The molecule has 1 aromatic carbocycles. The highest BCUT2D eigenvalue weighted by atomic mass is 79.9. The van der Waals surface area contributed by atoms with Crippen LogP contribution in [0.5, 0.6) is 0 Å². The Hall–Kier alpha value is -1.06. The predicted molar refractivity (Wildman–Crippen MR) is 75.0 cm³/mol. The number of aliphatic imine (C=N–C) groups is 1. The number of alkyl halides is 1. The molecule has 0 unspecified atom stereocenters. The number of nitrogens with zero attached hydrogens (tertiary/aromatic N) is 1. The Morgan fingerprint density at radius 2 is 2.19 bits per heavy atom. The van der Waals surface area contributed by atoms with Crippen LogP contribution in [0.15, 0.2) is 47.6 Å². The number of hydrogen-bond donors (Lipinski definition) is 1. The normalized spacial score (nSPS) is 12.0. The molecule has 0 aliphatic heterocycles. The first-order valence-electron chi connectivity index (χ1n) is 4.63. The first-order chi connectivity index (χ1) is 7.69. The molecule has 0 fully saturated rings. The summed E-state index contributed by atoms with van der Waals surface area (Å²) in [6, 6.07) is 7.54. The predicted octanol–water partition coefficient (Wildman–Crippen LogP) is 3.62. The van der Waals surface area contributed by atoms with E-state index in [0.717, 1.165) is 16.8 Å². The fourth-order valence-electron chi connectivity index (χ4n) is 1.21. The van der Waals surface area contributed by atoms with Crippen LogP contribution in [0.25, 0.3) is 5.57 Å². The Kier molecular flexibility index (Phi) is 5.29. The Bertz CT molecular complexity index is 438. The van der Waals surface area contributed by atoms with Gasteiger partial charge in [0.15, 0.2) is 0 Å². The van der Waals surface area contributed by atoms with Gasteiger partial charge in [0.1, 0.15) is 0 Å². The summed E-state index contributed by atoms with van der Waals surface area (Å²) in [5.74, 6) is 0. The smallest absolute Gasteiger partial charge is 0.0856 e. The highest BCUT2D eigenvalue weighted by Gasteiger charge is 2.02. The van der Waals surface area contributed by atoms with Gasteiger partial charge in [-0.05, 0) is 23.3 Å². The third-order valence-corrected chi connectivity index (χ3v) is 2.84. The second-order valence-electron chi connectivity index (χ2n) is 3.05. The van der Waals surface area contributed by atoms with Crippen LogP contribution in [0.3, 0.4) is 0 Å². The largest absolute Gasteiger partial charge is 0.390 e. The van der Waals surface area contributed by atoms with Gasteiger partial charge >= 0.3 is 0 Å². The second-order valence-corrected chi connectivity index (χ2v) is 4.02. The molecule has 0 amide bonds. The maximum atomic E-state index is 6.06. The van der Waals surface area contributed by atoms with Crippen molar-refractivity contribution in [3.8, 4) is 0 Å². The maximum absolute atomic E-state index is 6.06. The van der Waals surface area contributed by atoms with E-state index >= 15 is 0 Å². The van der Waals surface area contributed by atoms with Gasteiger partial charge in [-0.2, -0.15) is 0 Å². The van der Waals surface area contributed by atoms with Crippen molar-refractivity contribution >= 4 is 39.4 Å². The molecule has 0 heterocycles. The van der Waals surface area contributed by atoms with Crippen molar-refractivity contribution in [3.05, 3.63) is 53.2 Å². The molecule has 0 saturated carbocycles. The molecule has 0 radical (unpaired) electrons. The Morgan fingerprint density at radius 1 is 1.50 bits per heavy atom. The molecular formula is C12H12BrClN2. The first-order valence-corrected chi connectivity index (χ1v) is 6.13. The molecule has 0 aliphatic rings. The summed E-state index contributed by atoms with van der Waals surface area (Å²) in [5.41, 5.74) is 7.75. The zero-order chi connectivity index (χ0) is 12.0. The molecule has 0 aromatic heterocycles. The summed E-state index contributed by atoms with van der Waals surface area (Å²) in [7, 11) is 0. The van der Waals surface area contributed by atoms with Crippen LogP contribution >= 0.6 is 27.5 Å². The molecule has 16 heavy (non-hydrogen) atoms. The van der Waals surface area contributed by atoms with Crippen molar-refractivity contribution in [1.82, 2.24) is 0 Å².